The van der Waals surface area contributed by atoms with Crippen LogP contribution in [0, 0.1) is 11.6 Å². The molecule has 0 unspecified atom stereocenters. The summed E-state index contributed by atoms with van der Waals surface area (Å²) in [6.45, 7) is 3.36. The Labute approximate surface area is 109 Å². The number of benzene rings is 2. The average molecular weight is 259 g/mol. The van der Waals surface area contributed by atoms with Crippen molar-refractivity contribution in [2.75, 3.05) is 4.90 Å². The molecule has 0 aliphatic heterocycles. The summed E-state index contributed by atoms with van der Waals surface area (Å²) < 4.78 is 27.6. The van der Waals surface area contributed by atoms with Gasteiger partial charge in [-0.3, -0.25) is 9.69 Å². The van der Waals surface area contributed by atoms with Gasteiger partial charge in [0.25, 0.3) is 5.91 Å². The Bertz CT molecular complexity index is 580. The molecule has 2 aromatic rings. The zero-order valence-electron chi connectivity index (χ0n) is 10.0. The van der Waals surface area contributed by atoms with Crippen LogP contribution in [0.5, 0.6) is 0 Å². The lowest BCUT2D eigenvalue weighted by Gasteiger charge is -2.22. The molecule has 0 N–H and O–H groups in total. The van der Waals surface area contributed by atoms with E-state index in [1.165, 1.54) is 36.4 Å². The van der Waals surface area contributed by atoms with Crippen molar-refractivity contribution >= 4 is 17.3 Å². The van der Waals surface area contributed by atoms with Gasteiger partial charge in [0, 0.05) is 0 Å². The van der Waals surface area contributed by atoms with Gasteiger partial charge in [-0.1, -0.05) is 30.8 Å². The van der Waals surface area contributed by atoms with Crippen LogP contribution in [-0.4, -0.2) is 5.91 Å². The summed E-state index contributed by atoms with van der Waals surface area (Å²) in [5, 5.41) is 0. The number of para-hydroxylation sites is 2. The van der Waals surface area contributed by atoms with Gasteiger partial charge in [-0.05, 0) is 30.3 Å². The zero-order valence-corrected chi connectivity index (χ0v) is 10.0. The number of hydrogen-bond acceptors (Lipinski definition) is 1. The Balaban J connectivity index is 2.61. The molecule has 0 fully saturated rings. The predicted octanol–water partition coefficient (Wildman–Crippen LogP) is 3.82. The topological polar surface area (TPSA) is 20.3 Å². The van der Waals surface area contributed by atoms with E-state index >= 15 is 0 Å². The minimum atomic E-state index is -0.610. The summed E-state index contributed by atoms with van der Waals surface area (Å²) in [7, 11) is 0. The molecule has 4 heteroatoms. The van der Waals surface area contributed by atoms with Gasteiger partial charge < -0.3 is 0 Å². The van der Waals surface area contributed by atoms with Gasteiger partial charge in [-0.25, -0.2) is 8.78 Å². The van der Waals surface area contributed by atoms with Crippen LogP contribution in [0.4, 0.5) is 20.2 Å². The average Bonchev–Trinajstić information content (AvgIpc) is 2.43. The van der Waals surface area contributed by atoms with Crippen LogP contribution in [-0.2, 0) is 4.79 Å². The van der Waals surface area contributed by atoms with Crippen LogP contribution in [0.2, 0.25) is 0 Å². The molecule has 0 aliphatic carbocycles. The molecule has 0 spiro atoms. The third-order valence-electron chi connectivity index (χ3n) is 2.58. The monoisotopic (exact) mass is 259 g/mol. The zero-order chi connectivity index (χ0) is 13.8. The number of amides is 1. The summed E-state index contributed by atoms with van der Waals surface area (Å²) in [5.74, 6) is -1.82. The molecule has 0 aromatic heterocycles. The number of hydrogen-bond donors (Lipinski definition) is 0. The van der Waals surface area contributed by atoms with Crippen LogP contribution in [0.3, 0.4) is 0 Å². The van der Waals surface area contributed by atoms with Crippen molar-refractivity contribution in [1.82, 2.24) is 0 Å². The molecule has 0 atom stereocenters. The fraction of sp³-hybridized carbons (Fsp3) is 0. The lowest BCUT2D eigenvalue weighted by Crippen LogP contribution is -2.25. The molecule has 0 heterocycles. The van der Waals surface area contributed by atoms with E-state index in [1.807, 2.05) is 0 Å². The van der Waals surface area contributed by atoms with E-state index in [-0.39, 0.29) is 11.4 Å². The Morgan fingerprint density at radius 2 is 1.37 bits per heavy atom. The lowest BCUT2D eigenvalue weighted by atomic mass is 10.2. The maximum absolute atomic E-state index is 13.8. The SMILES string of the molecule is C=CC(=O)N(c1ccccc1F)c1ccccc1F. The second-order valence-corrected chi connectivity index (χ2v) is 3.78. The van der Waals surface area contributed by atoms with Gasteiger partial charge in [0.05, 0.1) is 11.4 Å². The van der Waals surface area contributed by atoms with Crippen LogP contribution < -0.4 is 4.90 Å². The number of carbonyl (C=O) groups excluding carboxylic acids is 1. The highest BCUT2D eigenvalue weighted by Crippen LogP contribution is 2.30. The quantitative estimate of drug-likeness (QED) is 0.767. The van der Waals surface area contributed by atoms with Crippen molar-refractivity contribution in [2.45, 2.75) is 0 Å². The van der Waals surface area contributed by atoms with Gasteiger partial charge >= 0.3 is 0 Å². The molecule has 0 aliphatic rings. The van der Waals surface area contributed by atoms with Gasteiger partial charge in [-0.15, -0.1) is 0 Å². The first kappa shape index (κ1) is 13.0. The van der Waals surface area contributed by atoms with Crippen LogP contribution in [0.25, 0.3) is 0 Å². The molecule has 2 rings (SSSR count). The second kappa shape index (κ2) is 5.44. The summed E-state index contributed by atoms with van der Waals surface area (Å²) in [6, 6.07) is 11.4. The van der Waals surface area contributed by atoms with Crippen molar-refractivity contribution in [2.24, 2.45) is 0 Å². The minimum Gasteiger partial charge on any atom is -0.272 e. The number of halogens is 2. The summed E-state index contributed by atoms with van der Waals surface area (Å²) in [4.78, 5) is 12.8. The van der Waals surface area contributed by atoms with E-state index in [9.17, 15) is 13.6 Å². The third kappa shape index (κ3) is 2.52. The summed E-state index contributed by atoms with van der Waals surface area (Å²) >= 11 is 0. The largest absolute Gasteiger partial charge is 0.272 e. The first-order valence-electron chi connectivity index (χ1n) is 5.60. The molecular formula is C15H11F2NO. The molecule has 0 radical (unpaired) electrons. The summed E-state index contributed by atoms with van der Waals surface area (Å²) in [6.07, 6.45) is 1.01. The normalized spacial score (nSPS) is 10.0. The molecule has 2 nitrogen and oxygen atoms in total. The summed E-state index contributed by atoms with van der Waals surface area (Å²) in [5.41, 5.74) is -0.0324. The molecular weight excluding hydrogens is 248 g/mol. The fourth-order valence-corrected chi connectivity index (χ4v) is 1.72. The van der Waals surface area contributed by atoms with Crippen molar-refractivity contribution in [3.8, 4) is 0 Å². The van der Waals surface area contributed by atoms with E-state index in [2.05, 4.69) is 6.58 Å². The smallest absolute Gasteiger partial charge is 0.255 e. The standard InChI is InChI=1S/C15H11F2NO/c1-2-15(19)18(13-9-5-3-7-11(13)16)14-10-6-4-8-12(14)17/h2-10H,1H2. The van der Waals surface area contributed by atoms with Gasteiger partial charge in [0.15, 0.2) is 0 Å². The van der Waals surface area contributed by atoms with Crippen LogP contribution in [0.15, 0.2) is 61.2 Å². The van der Waals surface area contributed by atoms with E-state index < -0.39 is 17.5 Å². The first-order chi connectivity index (χ1) is 9.15. The Morgan fingerprint density at radius 3 is 1.74 bits per heavy atom. The Morgan fingerprint density at radius 1 is 0.947 bits per heavy atom. The molecule has 0 saturated carbocycles. The first-order valence-corrected chi connectivity index (χ1v) is 5.60. The van der Waals surface area contributed by atoms with E-state index in [1.54, 1.807) is 12.1 Å². The Hall–Kier alpha value is -2.49. The number of nitrogens with zero attached hydrogens (tertiary/aromatic N) is 1. The lowest BCUT2D eigenvalue weighted by molar-refractivity contribution is -0.113. The van der Waals surface area contributed by atoms with Gasteiger partial charge in [0.2, 0.25) is 0 Å². The number of rotatable bonds is 3. The van der Waals surface area contributed by atoms with Crippen molar-refractivity contribution in [3.05, 3.63) is 72.8 Å². The molecule has 2 aromatic carbocycles. The maximum Gasteiger partial charge on any atom is 0.255 e. The van der Waals surface area contributed by atoms with Crippen molar-refractivity contribution < 1.29 is 13.6 Å². The Kier molecular flexibility index (Phi) is 3.71. The fourth-order valence-electron chi connectivity index (χ4n) is 1.72. The second-order valence-electron chi connectivity index (χ2n) is 3.78. The van der Waals surface area contributed by atoms with Crippen LogP contribution >= 0.6 is 0 Å². The van der Waals surface area contributed by atoms with Crippen molar-refractivity contribution in [3.63, 3.8) is 0 Å². The van der Waals surface area contributed by atoms with Crippen molar-refractivity contribution in [1.29, 1.82) is 0 Å². The molecule has 0 bridgehead atoms. The van der Waals surface area contributed by atoms with Gasteiger partial charge in [0.1, 0.15) is 11.6 Å². The van der Waals surface area contributed by atoms with E-state index in [4.69, 9.17) is 0 Å². The molecule has 96 valence electrons. The third-order valence-corrected chi connectivity index (χ3v) is 2.58. The number of anilines is 2. The molecule has 0 saturated heterocycles. The maximum atomic E-state index is 13.8. The minimum absolute atomic E-state index is 0.0162. The van der Waals surface area contributed by atoms with Gasteiger partial charge in [-0.2, -0.15) is 0 Å². The highest BCUT2D eigenvalue weighted by Gasteiger charge is 2.21. The highest BCUT2D eigenvalue weighted by molar-refractivity contribution is 6.06. The molecule has 1 amide bonds. The molecule has 19 heavy (non-hydrogen) atoms. The number of carbonyl (C=O) groups is 1. The van der Waals surface area contributed by atoms with E-state index in [0.29, 0.717) is 0 Å². The van der Waals surface area contributed by atoms with E-state index in [0.717, 1.165) is 11.0 Å². The highest BCUT2D eigenvalue weighted by atomic mass is 19.1. The predicted molar refractivity (Wildman–Crippen MR) is 70.1 cm³/mol. The van der Waals surface area contributed by atoms with Crippen LogP contribution in [0.1, 0.15) is 0 Å².